The number of halogens is 1. The Labute approximate surface area is 95.9 Å². The molecule has 1 aromatic rings. The molecule has 0 amide bonds. The highest BCUT2D eigenvalue weighted by Crippen LogP contribution is 2.22. The van der Waals surface area contributed by atoms with Gasteiger partial charge in [0.05, 0.1) is 19.4 Å². The van der Waals surface area contributed by atoms with Crippen LogP contribution in [0.5, 0.6) is 0 Å². The average Bonchev–Trinajstić information content (AvgIpc) is 2.30. The second-order valence-electron chi connectivity index (χ2n) is 3.11. The molecule has 0 saturated carbocycles. The lowest BCUT2D eigenvalue weighted by atomic mass is 10.4. The minimum absolute atomic E-state index is 0.583. The van der Waals surface area contributed by atoms with Crippen LogP contribution in [0.15, 0.2) is 10.8 Å². The monoisotopic (exact) mass is 273 g/mol. The molecule has 7 heteroatoms. The summed E-state index contributed by atoms with van der Waals surface area (Å²) in [7, 11) is 0. The molecule has 1 aliphatic rings. The lowest BCUT2D eigenvalue weighted by Crippen LogP contribution is -2.37. The van der Waals surface area contributed by atoms with Gasteiger partial charge in [0.25, 0.3) is 0 Å². The van der Waals surface area contributed by atoms with E-state index in [0.717, 1.165) is 18.9 Å². The van der Waals surface area contributed by atoms with Gasteiger partial charge in [0.1, 0.15) is 4.60 Å². The lowest BCUT2D eigenvalue weighted by Gasteiger charge is -2.28. The Bertz CT molecular complexity index is 342. The third-order valence-corrected chi connectivity index (χ3v) is 2.55. The maximum atomic E-state index is 5.38. The van der Waals surface area contributed by atoms with Crippen LogP contribution >= 0.6 is 15.9 Å². The summed E-state index contributed by atoms with van der Waals surface area (Å²) in [4.78, 5) is 10.6. The van der Waals surface area contributed by atoms with E-state index >= 15 is 0 Å². The van der Waals surface area contributed by atoms with E-state index in [1.54, 1.807) is 6.20 Å². The highest BCUT2D eigenvalue weighted by molar-refractivity contribution is 9.10. The molecule has 1 aromatic heterocycles. The summed E-state index contributed by atoms with van der Waals surface area (Å²) >= 11 is 3.29. The number of hydrazine groups is 1. The van der Waals surface area contributed by atoms with E-state index in [9.17, 15) is 0 Å². The predicted octanol–water partition coefficient (Wildman–Crippen LogP) is 0.361. The van der Waals surface area contributed by atoms with Gasteiger partial charge in [0.2, 0.25) is 0 Å². The first kappa shape index (κ1) is 10.6. The van der Waals surface area contributed by atoms with Gasteiger partial charge >= 0.3 is 0 Å². The van der Waals surface area contributed by atoms with E-state index in [1.807, 2.05) is 0 Å². The number of nitrogens with one attached hydrogen (secondary N) is 1. The average molecular weight is 274 g/mol. The molecule has 0 unspecified atom stereocenters. The molecule has 0 spiro atoms. The van der Waals surface area contributed by atoms with E-state index in [4.69, 9.17) is 10.6 Å². The van der Waals surface area contributed by atoms with Crippen LogP contribution in [0.3, 0.4) is 0 Å². The fourth-order valence-electron chi connectivity index (χ4n) is 1.46. The molecular weight excluding hydrogens is 262 g/mol. The molecule has 0 bridgehead atoms. The minimum atomic E-state index is 0.583. The van der Waals surface area contributed by atoms with Crippen molar-refractivity contribution in [2.45, 2.75) is 0 Å². The van der Waals surface area contributed by atoms with Crippen LogP contribution < -0.4 is 16.2 Å². The topological polar surface area (TPSA) is 76.3 Å². The summed E-state index contributed by atoms with van der Waals surface area (Å²) in [6.45, 7) is 3.02. The number of hydrogen-bond donors (Lipinski definition) is 2. The van der Waals surface area contributed by atoms with Gasteiger partial charge in [-0.2, -0.15) is 0 Å². The van der Waals surface area contributed by atoms with E-state index < -0.39 is 0 Å². The van der Waals surface area contributed by atoms with Crippen LogP contribution in [-0.4, -0.2) is 36.3 Å². The van der Waals surface area contributed by atoms with Crippen molar-refractivity contribution in [2.24, 2.45) is 5.84 Å². The standard InChI is InChI=1S/C8H12BrN5O/c9-6-5-11-7(13-10)8(12-6)14-1-3-15-4-2-14/h5H,1-4,10H2,(H,11,13). The van der Waals surface area contributed by atoms with Gasteiger partial charge in [0, 0.05) is 13.1 Å². The molecule has 2 heterocycles. The molecule has 1 fully saturated rings. The maximum Gasteiger partial charge on any atom is 0.183 e. The molecule has 1 saturated heterocycles. The van der Waals surface area contributed by atoms with Crippen LogP contribution in [-0.2, 0) is 4.74 Å². The molecule has 82 valence electrons. The summed E-state index contributed by atoms with van der Waals surface area (Å²) in [5.41, 5.74) is 2.54. The number of morpholine rings is 1. The first-order valence-electron chi connectivity index (χ1n) is 4.63. The van der Waals surface area contributed by atoms with Crippen LogP contribution in [0.4, 0.5) is 11.6 Å². The van der Waals surface area contributed by atoms with Crippen LogP contribution in [0.25, 0.3) is 0 Å². The molecule has 3 N–H and O–H groups in total. The largest absolute Gasteiger partial charge is 0.378 e. The lowest BCUT2D eigenvalue weighted by molar-refractivity contribution is 0.122. The van der Waals surface area contributed by atoms with Crippen molar-refractivity contribution in [2.75, 3.05) is 36.6 Å². The Morgan fingerprint density at radius 3 is 2.87 bits per heavy atom. The zero-order valence-electron chi connectivity index (χ0n) is 8.11. The van der Waals surface area contributed by atoms with Gasteiger partial charge in [-0.3, -0.25) is 0 Å². The number of nitrogens with two attached hydrogens (primary N) is 1. The molecule has 0 aromatic carbocycles. The van der Waals surface area contributed by atoms with Gasteiger partial charge in [-0.15, -0.1) is 0 Å². The second kappa shape index (κ2) is 4.73. The van der Waals surface area contributed by atoms with E-state index in [2.05, 4.69) is 36.2 Å². The Hall–Kier alpha value is -0.920. The summed E-state index contributed by atoms with van der Waals surface area (Å²) in [6, 6.07) is 0. The summed E-state index contributed by atoms with van der Waals surface area (Å²) in [5, 5.41) is 0. The van der Waals surface area contributed by atoms with Gasteiger partial charge < -0.3 is 15.1 Å². The van der Waals surface area contributed by atoms with Crippen molar-refractivity contribution in [3.63, 3.8) is 0 Å². The first-order chi connectivity index (χ1) is 7.31. The molecule has 0 atom stereocenters. The molecule has 15 heavy (non-hydrogen) atoms. The van der Waals surface area contributed by atoms with Crippen LogP contribution in [0, 0.1) is 0 Å². The number of nitrogen functional groups attached to an aromatic ring is 1. The van der Waals surface area contributed by atoms with Crippen LogP contribution in [0.2, 0.25) is 0 Å². The Balaban J connectivity index is 2.27. The highest BCUT2D eigenvalue weighted by Gasteiger charge is 2.17. The van der Waals surface area contributed by atoms with Gasteiger partial charge in [-0.25, -0.2) is 15.8 Å². The van der Waals surface area contributed by atoms with Crippen molar-refractivity contribution in [3.05, 3.63) is 10.8 Å². The summed E-state index contributed by atoms with van der Waals surface area (Å²) in [5.74, 6) is 6.72. The SMILES string of the molecule is NNc1ncc(Br)nc1N1CCOCC1. The number of rotatable bonds is 2. The number of anilines is 2. The Morgan fingerprint density at radius 2 is 2.20 bits per heavy atom. The third-order valence-electron chi connectivity index (χ3n) is 2.17. The van der Waals surface area contributed by atoms with Crippen molar-refractivity contribution < 1.29 is 4.74 Å². The Kier molecular flexibility index (Phi) is 3.34. The number of nitrogens with zero attached hydrogens (tertiary/aromatic N) is 3. The normalized spacial score (nSPS) is 16.5. The van der Waals surface area contributed by atoms with Crippen LogP contribution in [0.1, 0.15) is 0 Å². The van der Waals surface area contributed by atoms with Crippen molar-refractivity contribution in [1.82, 2.24) is 9.97 Å². The third kappa shape index (κ3) is 2.36. The molecule has 1 aliphatic heterocycles. The molecule has 0 aliphatic carbocycles. The van der Waals surface area contributed by atoms with Crippen molar-refractivity contribution in [1.29, 1.82) is 0 Å². The van der Waals surface area contributed by atoms with Crippen molar-refractivity contribution in [3.8, 4) is 0 Å². The number of aromatic nitrogens is 2. The smallest absolute Gasteiger partial charge is 0.183 e. The van der Waals surface area contributed by atoms with E-state index in [-0.39, 0.29) is 0 Å². The second-order valence-corrected chi connectivity index (χ2v) is 3.92. The summed E-state index contributed by atoms with van der Waals surface area (Å²) < 4.78 is 5.97. The number of hydrogen-bond acceptors (Lipinski definition) is 6. The van der Waals surface area contributed by atoms with Gasteiger partial charge in [-0.1, -0.05) is 0 Å². The fraction of sp³-hybridized carbons (Fsp3) is 0.500. The Morgan fingerprint density at radius 1 is 1.47 bits per heavy atom. The number of ether oxygens (including phenoxy) is 1. The predicted molar refractivity (Wildman–Crippen MR) is 60.6 cm³/mol. The van der Waals surface area contributed by atoms with Crippen molar-refractivity contribution >= 4 is 27.6 Å². The first-order valence-corrected chi connectivity index (χ1v) is 5.42. The molecular formula is C8H12BrN5O. The highest BCUT2D eigenvalue weighted by atomic mass is 79.9. The summed E-state index contributed by atoms with van der Waals surface area (Å²) in [6.07, 6.45) is 1.61. The quantitative estimate of drug-likeness (QED) is 0.599. The fourth-order valence-corrected chi connectivity index (χ4v) is 1.73. The molecule has 0 radical (unpaired) electrons. The van der Waals surface area contributed by atoms with E-state index in [0.29, 0.717) is 23.6 Å². The van der Waals surface area contributed by atoms with Gasteiger partial charge in [-0.05, 0) is 15.9 Å². The van der Waals surface area contributed by atoms with Gasteiger partial charge in [0.15, 0.2) is 11.6 Å². The zero-order valence-corrected chi connectivity index (χ0v) is 9.70. The minimum Gasteiger partial charge on any atom is -0.378 e. The maximum absolute atomic E-state index is 5.38. The molecule has 6 nitrogen and oxygen atoms in total. The van der Waals surface area contributed by atoms with E-state index in [1.165, 1.54) is 0 Å². The molecule has 2 rings (SSSR count). The zero-order chi connectivity index (χ0) is 10.7.